The minimum absolute atomic E-state index is 0.253. The third-order valence-corrected chi connectivity index (χ3v) is 2.69. The summed E-state index contributed by atoms with van der Waals surface area (Å²) in [5, 5.41) is 0. The van der Waals surface area contributed by atoms with Crippen molar-refractivity contribution in [2.24, 2.45) is 0 Å². The molecule has 0 aromatic carbocycles. The molecule has 0 aliphatic rings. The smallest absolute Gasteiger partial charge is 0.348 e. The molecule has 0 saturated carbocycles. The summed E-state index contributed by atoms with van der Waals surface area (Å²) in [6.07, 6.45) is 4.95. The first-order chi connectivity index (χ1) is 6.27. The Morgan fingerprint density at radius 2 is 2.38 bits per heavy atom. The Balaban J connectivity index is 2.68. The van der Waals surface area contributed by atoms with E-state index in [4.69, 9.17) is 0 Å². The van der Waals surface area contributed by atoms with Crippen LogP contribution in [-0.2, 0) is 11.2 Å². The topological polar surface area (TPSA) is 26.3 Å². The van der Waals surface area contributed by atoms with Gasteiger partial charge in [-0.3, -0.25) is 0 Å². The zero-order valence-electron chi connectivity index (χ0n) is 7.74. The van der Waals surface area contributed by atoms with E-state index in [1.807, 2.05) is 19.1 Å². The molecule has 0 spiro atoms. The molecule has 0 unspecified atom stereocenters. The van der Waals surface area contributed by atoms with E-state index in [0.717, 1.165) is 6.42 Å². The maximum Gasteiger partial charge on any atom is 0.348 e. The highest BCUT2D eigenvalue weighted by molar-refractivity contribution is 7.13. The van der Waals surface area contributed by atoms with E-state index >= 15 is 0 Å². The van der Waals surface area contributed by atoms with Gasteiger partial charge in [0, 0.05) is 4.88 Å². The van der Waals surface area contributed by atoms with Crippen molar-refractivity contribution in [2.75, 3.05) is 7.11 Å². The molecule has 2 nitrogen and oxygen atoms in total. The van der Waals surface area contributed by atoms with Crippen molar-refractivity contribution in [3.05, 3.63) is 34.0 Å². The van der Waals surface area contributed by atoms with Crippen molar-refractivity contribution in [3.63, 3.8) is 0 Å². The van der Waals surface area contributed by atoms with Gasteiger partial charge < -0.3 is 4.74 Å². The number of hydrogen-bond donors (Lipinski definition) is 0. The average Bonchev–Trinajstić information content (AvgIpc) is 2.62. The maximum atomic E-state index is 11.1. The minimum atomic E-state index is -0.253. The molecule has 3 heteroatoms. The highest BCUT2D eigenvalue weighted by atomic mass is 32.1. The number of carbonyl (C=O) groups is 1. The van der Waals surface area contributed by atoms with Crippen LogP contribution in [0.5, 0.6) is 0 Å². The van der Waals surface area contributed by atoms with Gasteiger partial charge in [-0.2, -0.15) is 0 Å². The van der Waals surface area contributed by atoms with Gasteiger partial charge in [0.15, 0.2) is 0 Å². The van der Waals surface area contributed by atoms with Crippen LogP contribution in [0.25, 0.3) is 0 Å². The fraction of sp³-hybridized carbons (Fsp3) is 0.300. The summed E-state index contributed by atoms with van der Waals surface area (Å²) in [6.45, 7) is 1.98. The van der Waals surface area contributed by atoms with E-state index in [-0.39, 0.29) is 5.97 Å². The van der Waals surface area contributed by atoms with Crippen molar-refractivity contribution in [1.82, 2.24) is 0 Å². The zero-order chi connectivity index (χ0) is 9.68. The van der Waals surface area contributed by atoms with E-state index in [1.54, 1.807) is 6.07 Å². The van der Waals surface area contributed by atoms with Crippen LogP contribution in [0.1, 0.15) is 21.5 Å². The summed E-state index contributed by atoms with van der Waals surface area (Å²) >= 11 is 1.48. The second-order valence-corrected chi connectivity index (χ2v) is 3.70. The van der Waals surface area contributed by atoms with Crippen molar-refractivity contribution in [2.45, 2.75) is 13.3 Å². The van der Waals surface area contributed by atoms with Gasteiger partial charge in [-0.25, -0.2) is 4.79 Å². The quantitative estimate of drug-likeness (QED) is 0.548. The minimum Gasteiger partial charge on any atom is -0.465 e. The summed E-state index contributed by atoms with van der Waals surface area (Å²) in [5.41, 5.74) is 0. The van der Waals surface area contributed by atoms with E-state index < -0.39 is 0 Å². The Bertz CT molecular complexity index is 312. The molecule has 0 N–H and O–H groups in total. The second-order valence-electron chi connectivity index (χ2n) is 2.53. The van der Waals surface area contributed by atoms with Gasteiger partial charge in [-0.15, -0.1) is 11.3 Å². The molecule has 0 fully saturated rings. The number of allylic oxidation sites excluding steroid dienone is 2. The molecule has 0 aliphatic heterocycles. The molecular weight excluding hydrogens is 184 g/mol. The van der Waals surface area contributed by atoms with Gasteiger partial charge >= 0.3 is 5.97 Å². The van der Waals surface area contributed by atoms with Crippen LogP contribution in [0.15, 0.2) is 24.3 Å². The molecule has 1 aromatic heterocycles. The first kappa shape index (κ1) is 9.99. The van der Waals surface area contributed by atoms with Gasteiger partial charge in [0.2, 0.25) is 0 Å². The molecule has 1 heterocycles. The predicted molar refractivity (Wildman–Crippen MR) is 54.2 cm³/mol. The lowest BCUT2D eigenvalue weighted by atomic mass is 10.3. The van der Waals surface area contributed by atoms with Crippen LogP contribution >= 0.6 is 11.3 Å². The number of rotatable bonds is 3. The number of methoxy groups -OCH3 is 1. The van der Waals surface area contributed by atoms with E-state index in [0.29, 0.717) is 4.88 Å². The van der Waals surface area contributed by atoms with Gasteiger partial charge in [0.1, 0.15) is 4.88 Å². The van der Waals surface area contributed by atoms with Gasteiger partial charge in [-0.1, -0.05) is 12.2 Å². The molecule has 70 valence electrons. The number of carbonyl (C=O) groups excluding carboxylic acids is 1. The second kappa shape index (κ2) is 4.82. The molecule has 1 aromatic rings. The molecule has 1 rings (SSSR count). The lowest BCUT2D eigenvalue weighted by molar-refractivity contribution is 0.0606. The Hall–Kier alpha value is -1.09. The highest BCUT2D eigenvalue weighted by Gasteiger charge is 2.07. The molecule has 0 atom stereocenters. The maximum absolute atomic E-state index is 11.1. The van der Waals surface area contributed by atoms with Crippen molar-refractivity contribution in [3.8, 4) is 0 Å². The molecule has 0 radical (unpaired) electrons. The van der Waals surface area contributed by atoms with Crippen molar-refractivity contribution in [1.29, 1.82) is 0 Å². The highest BCUT2D eigenvalue weighted by Crippen LogP contribution is 2.17. The Labute approximate surface area is 81.8 Å². The van der Waals surface area contributed by atoms with Crippen LogP contribution in [-0.4, -0.2) is 13.1 Å². The number of esters is 1. The fourth-order valence-electron chi connectivity index (χ4n) is 0.932. The average molecular weight is 196 g/mol. The lowest BCUT2D eigenvalue weighted by Gasteiger charge is -1.91. The van der Waals surface area contributed by atoms with Gasteiger partial charge in [-0.05, 0) is 25.5 Å². The van der Waals surface area contributed by atoms with Crippen LogP contribution in [0.3, 0.4) is 0 Å². The van der Waals surface area contributed by atoms with Gasteiger partial charge in [0.05, 0.1) is 7.11 Å². The molecule has 0 amide bonds. The summed E-state index contributed by atoms with van der Waals surface area (Å²) in [4.78, 5) is 12.9. The van der Waals surface area contributed by atoms with Crippen LogP contribution in [0, 0.1) is 0 Å². The van der Waals surface area contributed by atoms with Gasteiger partial charge in [0.25, 0.3) is 0 Å². The summed E-state index contributed by atoms with van der Waals surface area (Å²) < 4.78 is 4.61. The number of ether oxygens (including phenoxy) is 1. The predicted octanol–water partition coefficient (Wildman–Crippen LogP) is 2.65. The normalized spacial score (nSPS) is 10.6. The third-order valence-electron chi connectivity index (χ3n) is 1.60. The first-order valence-corrected chi connectivity index (χ1v) is 4.87. The first-order valence-electron chi connectivity index (χ1n) is 4.06. The Morgan fingerprint density at radius 3 is 3.00 bits per heavy atom. The Morgan fingerprint density at radius 1 is 1.62 bits per heavy atom. The van der Waals surface area contributed by atoms with Crippen LogP contribution < -0.4 is 0 Å². The Kier molecular flexibility index (Phi) is 3.71. The summed E-state index contributed by atoms with van der Waals surface area (Å²) in [6, 6.07) is 3.76. The van der Waals surface area contributed by atoms with Crippen LogP contribution in [0.2, 0.25) is 0 Å². The molecule has 0 aliphatic carbocycles. The molecule has 13 heavy (non-hydrogen) atoms. The summed E-state index contributed by atoms with van der Waals surface area (Å²) in [5.74, 6) is -0.253. The molecule has 0 bridgehead atoms. The zero-order valence-corrected chi connectivity index (χ0v) is 8.56. The molecule has 0 saturated heterocycles. The number of thiophene rings is 1. The monoisotopic (exact) mass is 196 g/mol. The lowest BCUT2D eigenvalue weighted by Crippen LogP contribution is -1.96. The van der Waals surface area contributed by atoms with Crippen molar-refractivity contribution < 1.29 is 9.53 Å². The van der Waals surface area contributed by atoms with Crippen LogP contribution in [0.4, 0.5) is 0 Å². The van der Waals surface area contributed by atoms with E-state index in [1.165, 1.54) is 23.3 Å². The van der Waals surface area contributed by atoms with E-state index in [2.05, 4.69) is 10.8 Å². The summed E-state index contributed by atoms with van der Waals surface area (Å²) in [7, 11) is 1.40. The van der Waals surface area contributed by atoms with E-state index in [9.17, 15) is 4.79 Å². The largest absolute Gasteiger partial charge is 0.465 e. The SMILES string of the molecule is C/C=C/Cc1ccc(C(=O)OC)s1. The third kappa shape index (κ3) is 2.70. The fourth-order valence-corrected chi connectivity index (χ4v) is 1.83. The molecular formula is C10H12O2S. The van der Waals surface area contributed by atoms with Crippen molar-refractivity contribution >= 4 is 17.3 Å². The number of hydrogen-bond acceptors (Lipinski definition) is 3. The standard InChI is InChI=1S/C10H12O2S/c1-3-4-5-8-6-7-9(13-8)10(11)12-2/h3-4,6-7H,5H2,1-2H3/b4-3+.